The molecule has 1 saturated heterocycles. The molecule has 0 bridgehead atoms. The number of aryl methyl sites for hydroxylation is 1. The van der Waals surface area contributed by atoms with Crippen LogP contribution in [0.2, 0.25) is 0 Å². The van der Waals surface area contributed by atoms with Gasteiger partial charge in [-0.15, -0.1) is 0 Å². The Labute approximate surface area is 275 Å². The van der Waals surface area contributed by atoms with E-state index in [2.05, 4.69) is 17.7 Å². The van der Waals surface area contributed by atoms with Crippen LogP contribution in [0, 0.1) is 46.9 Å². The van der Waals surface area contributed by atoms with Gasteiger partial charge in [-0.1, -0.05) is 51.2 Å². The van der Waals surface area contributed by atoms with E-state index in [1.54, 1.807) is 6.07 Å². The molecule has 1 heterocycles. The van der Waals surface area contributed by atoms with Crippen LogP contribution >= 0.6 is 0 Å². The molecule has 0 atom stereocenters. The molecule has 5 rings (SSSR count). The minimum atomic E-state index is -3.61. The molecular weight excluding hydrogens is 618 g/mol. The van der Waals surface area contributed by atoms with Gasteiger partial charge in [0, 0.05) is 24.0 Å². The highest BCUT2D eigenvalue weighted by molar-refractivity contribution is 5.28. The summed E-state index contributed by atoms with van der Waals surface area (Å²) in [5.74, 6) is -5.26. The first-order chi connectivity index (χ1) is 22.6. The molecule has 0 spiro atoms. The van der Waals surface area contributed by atoms with Gasteiger partial charge in [0.2, 0.25) is 0 Å². The maximum absolute atomic E-state index is 15.1. The molecule has 9 heteroatoms. The predicted molar refractivity (Wildman–Crippen MR) is 169 cm³/mol. The maximum atomic E-state index is 15.1. The van der Waals surface area contributed by atoms with E-state index < -0.39 is 35.2 Å². The van der Waals surface area contributed by atoms with E-state index in [9.17, 15) is 22.0 Å². The zero-order valence-electron chi connectivity index (χ0n) is 27.6. The van der Waals surface area contributed by atoms with E-state index in [0.717, 1.165) is 63.7 Å². The van der Waals surface area contributed by atoms with E-state index in [1.165, 1.54) is 25.7 Å². The quantitative estimate of drug-likeness (QED) is 0.114. The molecule has 262 valence electrons. The number of ether oxygens (including phenoxy) is 3. The van der Waals surface area contributed by atoms with E-state index in [1.807, 2.05) is 6.07 Å². The third-order valence-corrected chi connectivity index (χ3v) is 10.8. The van der Waals surface area contributed by atoms with Crippen LogP contribution < -0.4 is 4.74 Å². The van der Waals surface area contributed by atoms with Crippen molar-refractivity contribution in [2.24, 2.45) is 23.7 Å². The molecule has 1 aliphatic heterocycles. The van der Waals surface area contributed by atoms with Gasteiger partial charge in [0.25, 0.3) is 0 Å². The van der Waals surface area contributed by atoms with Gasteiger partial charge in [-0.05, 0) is 99.7 Å². The Hall–Kier alpha value is -2.26. The topological polar surface area (TPSA) is 27.7 Å². The van der Waals surface area contributed by atoms with Gasteiger partial charge < -0.3 is 14.2 Å². The van der Waals surface area contributed by atoms with E-state index in [0.29, 0.717) is 60.6 Å². The van der Waals surface area contributed by atoms with Crippen LogP contribution in [0.25, 0.3) is 0 Å². The maximum Gasteiger partial charge on any atom is 0.400 e. The molecule has 0 aromatic heterocycles. The monoisotopic (exact) mass is 668 g/mol. The van der Waals surface area contributed by atoms with Crippen molar-refractivity contribution in [3.05, 3.63) is 64.7 Å². The summed E-state index contributed by atoms with van der Waals surface area (Å²) in [5, 5.41) is 0. The summed E-state index contributed by atoms with van der Waals surface area (Å²) in [6, 6.07) is 6.59. The lowest BCUT2D eigenvalue weighted by molar-refractivity contribution is -0.229. The van der Waals surface area contributed by atoms with Crippen LogP contribution in [0.4, 0.5) is 26.3 Å². The number of halogens is 6. The van der Waals surface area contributed by atoms with Crippen LogP contribution in [0.15, 0.2) is 30.3 Å². The summed E-state index contributed by atoms with van der Waals surface area (Å²) in [4.78, 5) is 0. The molecule has 0 amide bonds. The molecule has 2 aromatic carbocycles. The Balaban J connectivity index is 0.979. The average Bonchev–Trinajstić information content (AvgIpc) is 3.07. The van der Waals surface area contributed by atoms with E-state index in [-0.39, 0.29) is 24.9 Å². The zero-order valence-corrected chi connectivity index (χ0v) is 27.6. The number of benzene rings is 2. The summed E-state index contributed by atoms with van der Waals surface area (Å²) >= 11 is 0. The Bertz CT molecular complexity index is 1240. The zero-order chi connectivity index (χ0) is 33.4. The van der Waals surface area contributed by atoms with Crippen molar-refractivity contribution in [3.8, 4) is 5.75 Å². The molecule has 3 aliphatic rings. The second-order valence-electron chi connectivity index (χ2n) is 14.2. The van der Waals surface area contributed by atoms with Crippen molar-refractivity contribution in [2.45, 2.75) is 128 Å². The normalized spacial score (nSPS) is 27.1. The summed E-state index contributed by atoms with van der Waals surface area (Å²) in [5.41, 5.74) is 1.78. The van der Waals surface area contributed by atoms with Gasteiger partial charge in [-0.3, -0.25) is 0 Å². The number of hydrogen-bond donors (Lipinski definition) is 0. The Morgan fingerprint density at radius 1 is 0.723 bits per heavy atom. The molecule has 0 N–H and O–H groups in total. The molecule has 2 saturated carbocycles. The Morgan fingerprint density at radius 3 is 2.00 bits per heavy atom. The minimum Gasteiger partial charge on any atom is -0.432 e. The van der Waals surface area contributed by atoms with Gasteiger partial charge in [0.05, 0.1) is 19.1 Å². The lowest BCUT2D eigenvalue weighted by atomic mass is 9.78. The third kappa shape index (κ3) is 9.90. The first-order valence-corrected chi connectivity index (χ1v) is 17.9. The second kappa shape index (κ2) is 16.9. The van der Waals surface area contributed by atoms with Gasteiger partial charge in [0.1, 0.15) is 11.6 Å². The smallest absolute Gasteiger partial charge is 0.400 e. The van der Waals surface area contributed by atoms with Gasteiger partial charge in [0.15, 0.2) is 23.7 Å². The summed E-state index contributed by atoms with van der Waals surface area (Å²) in [6.45, 7) is 3.81. The third-order valence-electron chi connectivity index (χ3n) is 10.8. The van der Waals surface area contributed by atoms with Gasteiger partial charge in [-0.2, -0.15) is 8.78 Å². The highest BCUT2D eigenvalue weighted by atomic mass is 19.3. The largest absolute Gasteiger partial charge is 0.432 e. The van der Waals surface area contributed by atoms with Crippen molar-refractivity contribution in [2.75, 3.05) is 13.2 Å². The van der Waals surface area contributed by atoms with Crippen molar-refractivity contribution in [1.82, 2.24) is 0 Å². The molecule has 2 aromatic rings. The van der Waals surface area contributed by atoms with Gasteiger partial charge in [-0.25, -0.2) is 17.6 Å². The van der Waals surface area contributed by atoms with Crippen molar-refractivity contribution in [1.29, 1.82) is 0 Å². The molecule has 47 heavy (non-hydrogen) atoms. The number of unbranched alkanes of at least 4 members (excludes halogenated alkanes) is 3. The predicted octanol–water partition coefficient (Wildman–Crippen LogP) is 11.3. The van der Waals surface area contributed by atoms with Crippen molar-refractivity contribution < 1.29 is 40.6 Å². The van der Waals surface area contributed by atoms with E-state index >= 15 is 4.39 Å². The molecule has 3 fully saturated rings. The fourth-order valence-corrected chi connectivity index (χ4v) is 7.79. The van der Waals surface area contributed by atoms with Crippen LogP contribution in [0.3, 0.4) is 0 Å². The lowest BCUT2D eigenvalue weighted by Crippen LogP contribution is -2.38. The summed E-state index contributed by atoms with van der Waals surface area (Å²) in [6.07, 6.45) is 10.1. The Morgan fingerprint density at radius 2 is 1.36 bits per heavy atom. The van der Waals surface area contributed by atoms with Crippen molar-refractivity contribution >= 4 is 0 Å². The van der Waals surface area contributed by atoms with Crippen LogP contribution in [0.1, 0.15) is 120 Å². The lowest BCUT2D eigenvalue weighted by Gasteiger charge is -2.37. The average molecular weight is 669 g/mol. The van der Waals surface area contributed by atoms with Crippen LogP contribution in [-0.4, -0.2) is 25.6 Å². The first-order valence-electron chi connectivity index (χ1n) is 17.9. The molecule has 0 radical (unpaired) electrons. The summed E-state index contributed by atoms with van der Waals surface area (Å²) < 4.78 is 101. The summed E-state index contributed by atoms with van der Waals surface area (Å²) in [7, 11) is 0. The molecule has 0 unspecified atom stereocenters. The molecular formula is C38H50F6O3. The van der Waals surface area contributed by atoms with Crippen molar-refractivity contribution in [3.63, 3.8) is 0 Å². The highest BCUT2D eigenvalue weighted by Gasteiger charge is 2.44. The fraction of sp³-hybridized carbons (Fsp3) is 0.684. The fourth-order valence-electron chi connectivity index (χ4n) is 7.79. The minimum absolute atomic E-state index is 0.102. The number of alkyl halides is 2. The number of hydrogen-bond acceptors (Lipinski definition) is 3. The molecule has 3 nitrogen and oxygen atoms in total. The van der Waals surface area contributed by atoms with Crippen LogP contribution in [-0.2, 0) is 15.9 Å². The number of rotatable bonds is 14. The Kier molecular flexibility index (Phi) is 13.0. The SMILES string of the molecule is CCCCCC1COC(C2CCC(c3ccc(CCCCC4CCC(C(F)(F)Oc5cc(F)c(F)c(F)c5)CC4)c(F)c3)CC2)OC1. The standard InChI is InChI=1S/C38H50F6O3/c1-2-3-4-8-26-23-45-37(46-24-26)29-15-12-27(13-16-29)30-17-14-28(33(39)20-30)9-6-5-7-25-10-18-31(19-11-25)38(43,44)47-32-21-34(40)36(42)35(41)22-32/h14,17,20-22,25-27,29,31,37H,2-13,15-16,18-19,23-24H2,1H3. The first kappa shape index (κ1) is 36.0. The van der Waals surface area contributed by atoms with E-state index in [4.69, 9.17) is 9.47 Å². The van der Waals surface area contributed by atoms with Crippen LogP contribution in [0.5, 0.6) is 5.75 Å². The van der Waals surface area contributed by atoms with Gasteiger partial charge >= 0.3 is 6.11 Å². The highest BCUT2D eigenvalue weighted by Crippen LogP contribution is 2.42. The molecule has 2 aliphatic carbocycles. The second-order valence-corrected chi connectivity index (χ2v) is 14.2.